The van der Waals surface area contributed by atoms with E-state index in [-0.39, 0.29) is 25.5 Å². The highest BCUT2D eigenvalue weighted by Gasteiger charge is 2.43. The number of carbonyl (C=O) groups excluding carboxylic acids is 1. The Bertz CT molecular complexity index is 262. The first-order valence-electron chi connectivity index (χ1n) is 6.12. The molecule has 100 valence electrons. The molecular weight excluding hydrogens is 222 g/mol. The van der Waals surface area contributed by atoms with E-state index in [4.69, 9.17) is 11.5 Å². The molecule has 2 atom stereocenters. The first-order valence-corrected chi connectivity index (χ1v) is 6.12. The molecule has 1 unspecified atom stereocenters. The summed E-state index contributed by atoms with van der Waals surface area (Å²) in [6.07, 6.45) is 2.58. The van der Waals surface area contributed by atoms with Crippen LogP contribution in [0.3, 0.4) is 0 Å². The van der Waals surface area contributed by atoms with Crippen molar-refractivity contribution in [3.05, 3.63) is 0 Å². The van der Waals surface area contributed by atoms with E-state index in [9.17, 15) is 15.0 Å². The first kappa shape index (κ1) is 14.4. The Kier molecular flexibility index (Phi) is 5.32. The van der Waals surface area contributed by atoms with Gasteiger partial charge in [0, 0.05) is 19.4 Å². The number of nitrogens with two attached hydrogens (primary N) is 2. The number of nitrogens with zero attached hydrogens (tertiary/aromatic N) is 1. The summed E-state index contributed by atoms with van der Waals surface area (Å²) in [6, 6.07) is 0. The number of likely N-dealkylation sites (tertiary alicyclic amines) is 1. The Labute approximate surface area is 102 Å². The Morgan fingerprint density at radius 3 is 2.71 bits per heavy atom. The summed E-state index contributed by atoms with van der Waals surface area (Å²) >= 11 is 0. The molecule has 6 N–H and O–H groups in total. The molecular formula is C11H23N3O3. The molecule has 0 aromatic heterocycles. The fourth-order valence-electron chi connectivity index (χ4n) is 2.21. The lowest BCUT2D eigenvalue weighted by Crippen LogP contribution is -2.56. The Morgan fingerprint density at radius 2 is 2.12 bits per heavy atom. The van der Waals surface area contributed by atoms with Crippen molar-refractivity contribution in [2.24, 2.45) is 11.5 Å². The van der Waals surface area contributed by atoms with E-state index >= 15 is 0 Å². The quantitative estimate of drug-likeness (QED) is 0.437. The van der Waals surface area contributed by atoms with Crippen LogP contribution >= 0.6 is 0 Å². The summed E-state index contributed by atoms with van der Waals surface area (Å²) in [7, 11) is 0. The summed E-state index contributed by atoms with van der Waals surface area (Å²) in [6.45, 7) is 0.527. The molecule has 0 aromatic carbocycles. The number of carbonyl (C=O) groups is 1. The molecule has 6 nitrogen and oxygen atoms in total. The van der Waals surface area contributed by atoms with Gasteiger partial charge < -0.3 is 26.6 Å². The van der Waals surface area contributed by atoms with Gasteiger partial charge in [0.2, 0.25) is 5.91 Å². The molecule has 0 aromatic rings. The van der Waals surface area contributed by atoms with E-state index < -0.39 is 11.8 Å². The van der Waals surface area contributed by atoms with Gasteiger partial charge in [0.1, 0.15) is 5.66 Å². The molecule has 17 heavy (non-hydrogen) atoms. The van der Waals surface area contributed by atoms with Gasteiger partial charge in [-0.2, -0.15) is 0 Å². The lowest BCUT2D eigenvalue weighted by molar-refractivity contribution is -0.137. The molecule has 0 aliphatic carbocycles. The van der Waals surface area contributed by atoms with Gasteiger partial charge in [-0.25, -0.2) is 0 Å². The van der Waals surface area contributed by atoms with Crippen molar-refractivity contribution in [3.8, 4) is 0 Å². The molecule has 1 rings (SSSR count). The summed E-state index contributed by atoms with van der Waals surface area (Å²) in [5.41, 5.74) is 10.2. The molecule has 1 fully saturated rings. The number of rotatable bonds is 6. The van der Waals surface area contributed by atoms with Crippen molar-refractivity contribution in [2.75, 3.05) is 19.7 Å². The number of hydrogen-bond acceptors (Lipinski definition) is 5. The fourth-order valence-corrected chi connectivity index (χ4v) is 2.21. The van der Waals surface area contributed by atoms with E-state index in [1.54, 1.807) is 0 Å². The smallest absolute Gasteiger partial charge is 0.224 e. The maximum absolute atomic E-state index is 11.9. The minimum Gasteiger partial charge on any atom is -0.393 e. The molecule has 0 saturated carbocycles. The molecule has 6 heteroatoms. The summed E-state index contributed by atoms with van der Waals surface area (Å²) in [5.74, 6) is -0.102. The predicted molar refractivity (Wildman–Crippen MR) is 63.9 cm³/mol. The summed E-state index contributed by atoms with van der Waals surface area (Å²) < 4.78 is 0. The average molecular weight is 245 g/mol. The molecule has 1 saturated heterocycles. The van der Waals surface area contributed by atoms with Crippen LogP contribution in [0.2, 0.25) is 0 Å². The maximum Gasteiger partial charge on any atom is 0.224 e. The van der Waals surface area contributed by atoms with E-state index in [0.29, 0.717) is 13.0 Å². The normalized spacial score (nSPS) is 28.7. The van der Waals surface area contributed by atoms with E-state index in [1.807, 2.05) is 0 Å². The molecule has 1 aliphatic heterocycles. The number of amides is 1. The largest absolute Gasteiger partial charge is 0.393 e. The van der Waals surface area contributed by atoms with Gasteiger partial charge in [0.05, 0.1) is 12.7 Å². The predicted octanol–water partition coefficient (Wildman–Crippen LogP) is -1.25. The SMILES string of the molecule is NCCCCCC(=O)N1CC(O)C[C@@]1(N)CO. The number of hydrogen-bond donors (Lipinski definition) is 4. The van der Waals surface area contributed by atoms with Crippen LogP contribution in [0.1, 0.15) is 32.1 Å². The van der Waals surface area contributed by atoms with Gasteiger partial charge in [0.25, 0.3) is 0 Å². The highest BCUT2D eigenvalue weighted by molar-refractivity contribution is 5.77. The van der Waals surface area contributed by atoms with Gasteiger partial charge >= 0.3 is 0 Å². The third kappa shape index (κ3) is 3.64. The van der Waals surface area contributed by atoms with Crippen molar-refractivity contribution in [1.82, 2.24) is 4.90 Å². The second-order valence-corrected chi connectivity index (χ2v) is 4.72. The van der Waals surface area contributed by atoms with Crippen LogP contribution < -0.4 is 11.5 Å². The summed E-state index contributed by atoms with van der Waals surface area (Å²) in [4.78, 5) is 13.3. The van der Waals surface area contributed by atoms with Crippen LogP contribution in [-0.2, 0) is 4.79 Å². The van der Waals surface area contributed by atoms with Crippen LogP contribution in [0, 0.1) is 0 Å². The van der Waals surface area contributed by atoms with Gasteiger partial charge in [0.15, 0.2) is 0 Å². The topological polar surface area (TPSA) is 113 Å². The zero-order chi connectivity index (χ0) is 12.9. The standard InChI is InChI=1S/C11H23N3O3/c12-5-3-1-2-4-10(17)14-7-9(16)6-11(14,13)8-15/h9,15-16H,1-8,12-13H2/t9?,11-/m0/s1. The van der Waals surface area contributed by atoms with Crippen molar-refractivity contribution < 1.29 is 15.0 Å². The highest BCUT2D eigenvalue weighted by Crippen LogP contribution is 2.25. The second-order valence-electron chi connectivity index (χ2n) is 4.72. The van der Waals surface area contributed by atoms with Crippen LogP contribution in [-0.4, -0.2) is 52.5 Å². The summed E-state index contributed by atoms with van der Waals surface area (Å²) in [5, 5.41) is 18.7. The third-order valence-electron chi connectivity index (χ3n) is 3.19. The van der Waals surface area contributed by atoms with Crippen LogP contribution in [0.4, 0.5) is 0 Å². The Balaban J connectivity index is 2.44. The number of aliphatic hydroxyl groups is 2. The molecule has 1 aliphatic rings. The molecule has 1 amide bonds. The average Bonchev–Trinajstić information content (AvgIpc) is 2.61. The molecule has 0 radical (unpaired) electrons. The zero-order valence-electron chi connectivity index (χ0n) is 10.1. The van der Waals surface area contributed by atoms with Gasteiger partial charge in [-0.3, -0.25) is 4.79 Å². The van der Waals surface area contributed by atoms with Crippen LogP contribution in [0.5, 0.6) is 0 Å². The fraction of sp³-hybridized carbons (Fsp3) is 0.909. The van der Waals surface area contributed by atoms with Crippen molar-refractivity contribution in [2.45, 2.75) is 43.9 Å². The minimum atomic E-state index is -1.09. The van der Waals surface area contributed by atoms with Gasteiger partial charge in [-0.05, 0) is 19.4 Å². The molecule has 1 heterocycles. The Morgan fingerprint density at radius 1 is 1.41 bits per heavy atom. The lowest BCUT2D eigenvalue weighted by atomic mass is 10.1. The van der Waals surface area contributed by atoms with Gasteiger partial charge in [-0.15, -0.1) is 0 Å². The van der Waals surface area contributed by atoms with Crippen molar-refractivity contribution >= 4 is 5.91 Å². The first-order chi connectivity index (χ1) is 8.03. The van der Waals surface area contributed by atoms with Crippen molar-refractivity contribution in [3.63, 3.8) is 0 Å². The number of aliphatic hydroxyl groups excluding tert-OH is 2. The maximum atomic E-state index is 11.9. The minimum absolute atomic E-state index is 0.102. The lowest BCUT2D eigenvalue weighted by Gasteiger charge is -2.32. The van der Waals surface area contributed by atoms with Crippen LogP contribution in [0.15, 0.2) is 0 Å². The molecule has 0 spiro atoms. The van der Waals surface area contributed by atoms with Crippen LogP contribution in [0.25, 0.3) is 0 Å². The molecule has 0 bridgehead atoms. The third-order valence-corrected chi connectivity index (χ3v) is 3.19. The van der Waals surface area contributed by atoms with E-state index in [1.165, 1.54) is 4.90 Å². The Hall–Kier alpha value is -0.690. The van der Waals surface area contributed by atoms with Crippen molar-refractivity contribution in [1.29, 1.82) is 0 Å². The number of β-amino-alcohol motifs (C(OH)–C–C–N with tert-alkyl or cyclic N) is 1. The highest BCUT2D eigenvalue weighted by atomic mass is 16.3. The van der Waals surface area contributed by atoms with Gasteiger partial charge in [-0.1, -0.05) is 6.42 Å². The monoisotopic (exact) mass is 245 g/mol. The zero-order valence-corrected chi connectivity index (χ0v) is 10.1. The van der Waals surface area contributed by atoms with E-state index in [2.05, 4.69) is 0 Å². The number of unbranched alkanes of at least 4 members (excludes halogenated alkanes) is 2. The van der Waals surface area contributed by atoms with E-state index in [0.717, 1.165) is 19.3 Å². The second kappa shape index (κ2) is 6.30.